The zero-order valence-corrected chi connectivity index (χ0v) is 18.7. The summed E-state index contributed by atoms with van der Waals surface area (Å²) in [7, 11) is 0. The molecular weight excluding hydrogens is 422 g/mol. The van der Waals surface area contributed by atoms with Crippen molar-refractivity contribution in [3.63, 3.8) is 0 Å². The van der Waals surface area contributed by atoms with Crippen LogP contribution in [0.5, 0.6) is 0 Å². The fourth-order valence-electron chi connectivity index (χ4n) is 6.26. The van der Waals surface area contributed by atoms with Crippen molar-refractivity contribution in [1.29, 1.82) is 0 Å². The van der Waals surface area contributed by atoms with Crippen molar-refractivity contribution in [2.24, 2.45) is 11.3 Å². The van der Waals surface area contributed by atoms with Crippen LogP contribution in [0, 0.1) is 11.3 Å². The number of hydrogen-bond acceptors (Lipinski definition) is 5. The Balaban J connectivity index is 1.09. The van der Waals surface area contributed by atoms with Crippen LogP contribution in [0.4, 0.5) is 4.79 Å². The summed E-state index contributed by atoms with van der Waals surface area (Å²) in [6, 6.07) is 5.09. The van der Waals surface area contributed by atoms with E-state index in [-0.39, 0.29) is 24.3 Å². The smallest absolute Gasteiger partial charge is 0.407 e. The molecule has 1 spiro atoms. The molecule has 1 aromatic carbocycles. The van der Waals surface area contributed by atoms with Crippen LogP contribution in [-0.4, -0.2) is 41.4 Å². The maximum atomic E-state index is 13.1. The molecule has 0 aromatic heterocycles. The molecule has 3 aliphatic carbocycles. The molecular formula is C25H29N3O5. The average Bonchev–Trinajstić information content (AvgIpc) is 3.43. The number of carbonyl (C=O) groups is 4. The third-order valence-electron chi connectivity index (χ3n) is 8.48. The van der Waals surface area contributed by atoms with Gasteiger partial charge in [-0.3, -0.25) is 19.7 Å². The van der Waals surface area contributed by atoms with Crippen molar-refractivity contribution in [1.82, 2.24) is 15.5 Å². The maximum absolute atomic E-state index is 13.1. The summed E-state index contributed by atoms with van der Waals surface area (Å²) in [4.78, 5) is 50.8. The second-order valence-corrected chi connectivity index (χ2v) is 10.7. The van der Waals surface area contributed by atoms with Crippen LogP contribution in [0.1, 0.15) is 79.3 Å². The number of imide groups is 1. The van der Waals surface area contributed by atoms with E-state index in [1.165, 1.54) is 32.1 Å². The molecule has 1 atom stereocenters. The Morgan fingerprint density at radius 3 is 2.61 bits per heavy atom. The Morgan fingerprint density at radius 1 is 1.15 bits per heavy atom. The summed E-state index contributed by atoms with van der Waals surface area (Å²) in [6.45, 7) is 0.833. The SMILES string of the molecule is O=C1CCC(N2Cc3ccc(C4(NC(=O)OCC5CC6(CCC6)C5)CC4)cc3C2=O)C(=O)N1. The van der Waals surface area contributed by atoms with Crippen LogP contribution in [0.3, 0.4) is 0 Å². The number of carbonyl (C=O) groups excluding carboxylic acids is 4. The molecule has 1 aromatic rings. The Morgan fingerprint density at radius 2 is 1.94 bits per heavy atom. The second-order valence-electron chi connectivity index (χ2n) is 10.7. The van der Waals surface area contributed by atoms with E-state index in [0.29, 0.717) is 36.5 Å². The summed E-state index contributed by atoms with van der Waals surface area (Å²) < 4.78 is 5.54. The molecule has 33 heavy (non-hydrogen) atoms. The van der Waals surface area contributed by atoms with Crippen LogP contribution in [0.15, 0.2) is 18.2 Å². The highest BCUT2D eigenvalue weighted by Crippen LogP contribution is 2.58. The number of hydrogen-bond donors (Lipinski definition) is 2. The molecule has 2 N–H and O–H groups in total. The van der Waals surface area contributed by atoms with Gasteiger partial charge in [0, 0.05) is 18.5 Å². The summed E-state index contributed by atoms with van der Waals surface area (Å²) >= 11 is 0. The molecule has 3 saturated carbocycles. The quantitative estimate of drug-likeness (QED) is 0.670. The van der Waals surface area contributed by atoms with Crippen molar-refractivity contribution < 1.29 is 23.9 Å². The van der Waals surface area contributed by atoms with Crippen LogP contribution in [0.2, 0.25) is 0 Å². The number of alkyl carbamates (subject to hydrolysis) is 1. The third kappa shape index (κ3) is 3.50. The highest BCUT2D eigenvalue weighted by atomic mass is 16.5. The van der Waals surface area contributed by atoms with Gasteiger partial charge in [0.2, 0.25) is 11.8 Å². The number of piperidine rings is 1. The van der Waals surface area contributed by atoms with E-state index < -0.39 is 17.5 Å². The molecule has 4 fully saturated rings. The number of rotatable bonds is 5. The lowest BCUT2D eigenvalue weighted by molar-refractivity contribution is -0.136. The molecule has 2 heterocycles. The Kier molecular flexibility index (Phi) is 4.58. The van der Waals surface area contributed by atoms with Crippen molar-refractivity contribution in [3.05, 3.63) is 34.9 Å². The van der Waals surface area contributed by atoms with Gasteiger partial charge in [0.1, 0.15) is 6.04 Å². The molecule has 174 valence electrons. The van der Waals surface area contributed by atoms with Crippen molar-refractivity contribution >= 4 is 23.8 Å². The fourth-order valence-corrected chi connectivity index (χ4v) is 6.26. The second kappa shape index (κ2) is 7.30. The predicted molar refractivity (Wildman–Crippen MR) is 117 cm³/mol. The predicted octanol–water partition coefficient (Wildman–Crippen LogP) is 2.74. The summed E-state index contributed by atoms with van der Waals surface area (Å²) in [5.74, 6) is -0.418. The Hall–Kier alpha value is -2.90. The summed E-state index contributed by atoms with van der Waals surface area (Å²) in [5, 5.41) is 5.37. The average molecular weight is 452 g/mol. The normalized spacial score (nSPS) is 26.8. The third-order valence-corrected chi connectivity index (χ3v) is 8.48. The standard InChI is InChI=1S/C25H29N3O5/c29-20-5-4-19(21(30)26-20)28-13-16-2-3-17(10-18(16)22(28)31)25(8-9-25)27-23(32)33-14-15-11-24(12-15)6-1-7-24/h2-3,10,15,19H,1,4-9,11-14H2,(H,27,32)(H,26,29,30). The van der Waals surface area contributed by atoms with Crippen LogP contribution >= 0.6 is 0 Å². The zero-order valence-electron chi connectivity index (χ0n) is 18.7. The number of nitrogens with one attached hydrogen (secondary N) is 2. The zero-order chi connectivity index (χ0) is 22.8. The summed E-state index contributed by atoms with van der Waals surface area (Å²) in [5.41, 5.74) is 2.42. The largest absolute Gasteiger partial charge is 0.449 e. The van der Waals surface area contributed by atoms with Crippen LogP contribution in [0.25, 0.3) is 0 Å². The van der Waals surface area contributed by atoms with Gasteiger partial charge < -0.3 is 15.0 Å². The van der Waals surface area contributed by atoms with Crippen LogP contribution < -0.4 is 10.6 Å². The number of nitrogens with zero attached hydrogens (tertiary/aromatic N) is 1. The lowest BCUT2D eigenvalue weighted by Gasteiger charge is -2.54. The molecule has 6 rings (SSSR count). The van der Waals surface area contributed by atoms with E-state index in [0.717, 1.165) is 24.0 Å². The molecule has 4 amide bonds. The van der Waals surface area contributed by atoms with Gasteiger partial charge in [-0.2, -0.15) is 0 Å². The monoisotopic (exact) mass is 451 g/mol. The maximum Gasteiger partial charge on any atom is 0.407 e. The van der Waals surface area contributed by atoms with Gasteiger partial charge in [0.05, 0.1) is 12.1 Å². The number of fused-ring (bicyclic) bond motifs is 1. The Labute approximate surface area is 192 Å². The van der Waals surface area contributed by atoms with Crippen molar-refractivity contribution in [2.75, 3.05) is 6.61 Å². The van der Waals surface area contributed by atoms with E-state index in [1.807, 2.05) is 18.2 Å². The first-order chi connectivity index (χ1) is 15.9. The van der Waals surface area contributed by atoms with Crippen LogP contribution in [-0.2, 0) is 26.4 Å². The molecule has 2 aliphatic heterocycles. The first kappa shape index (κ1) is 20.7. The number of ether oxygens (including phenoxy) is 1. The molecule has 0 radical (unpaired) electrons. The van der Waals surface area contributed by atoms with E-state index in [1.54, 1.807) is 4.90 Å². The topological polar surface area (TPSA) is 105 Å². The minimum Gasteiger partial charge on any atom is -0.449 e. The lowest BCUT2D eigenvalue weighted by atomic mass is 9.52. The molecule has 1 saturated heterocycles. The van der Waals surface area contributed by atoms with Gasteiger partial charge >= 0.3 is 6.09 Å². The van der Waals surface area contributed by atoms with Crippen molar-refractivity contribution in [2.45, 2.75) is 75.9 Å². The van der Waals surface area contributed by atoms with E-state index in [4.69, 9.17) is 4.74 Å². The molecule has 8 nitrogen and oxygen atoms in total. The molecule has 8 heteroatoms. The highest BCUT2D eigenvalue weighted by molar-refractivity contribution is 6.05. The minimum absolute atomic E-state index is 0.199. The molecule has 1 unspecified atom stereocenters. The van der Waals surface area contributed by atoms with Crippen molar-refractivity contribution in [3.8, 4) is 0 Å². The van der Waals surface area contributed by atoms with E-state index >= 15 is 0 Å². The van der Waals surface area contributed by atoms with Gasteiger partial charge in [-0.1, -0.05) is 18.6 Å². The Bertz CT molecular complexity index is 1050. The first-order valence-electron chi connectivity index (χ1n) is 12.1. The first-order valence-corrected chi connectivity index (χ1v) is 12.1. The minimum atomic E-state index is -0.625. The van der Waals surface area contributed by atoms with Gasteiger partial charge in [0.25, 0.3) is 5.91 Å². The van der Waals surface area contributed by atoms with Gasteiger partial charge in [0.15, 0.2) is 0 Å². The lowest BCUT2D eigenvalue weighted by Crippen LogP contribution is -2.52. The van der Waals surface area contributed by atoms with Gasteiger partial charge in [-0.25, -0.2) is 4.79 Å². The van der Waals surface area contributed by atoms with Gasteiger partial charge in [-0.15, -0.1) is 0 Å². The van der Waals surface area contributed by atoms with E-state index in [9.17, 15) is 19.2 Å². The highest BCUT2D eigenvalue weighted by Gasteiger charge is 2.50. The molecule has 0 bridgehead atoms. The number of benzene rings is 1. The fraction of sp³-hybridized carbons (Fsp3) is 0.600. The molecule has 5 aliphatic rings. The number of amides is 4. The van der Waals surface area contributed by atoms with E-state index in [2.05, 4.69) is 10.6 Å². The van der Waals surface area contributed by atoms with Gasteiger partial charge in [-0.05, 0) is 73.5 Å². The summed E-state index contributed by atoms with van der Waals surface area (Å²) in [6.07, 6.45) is 8.16.